The van der Waals surface area contributed by atoms with Gasteiger partial charge in [-0.2, -0.15) is 26.3 Å². The highest BCUT2D eigenvalue weighted by atomic mass is 19.4. The molecule has 0 radical (unpaired) electrons. The second-order valence-corrected chi connectivity index (χ2v) is 9.31. The fourth-order valence-electron chi connectivity index (χ4n) is 4.92. The van der Waals surface area contributed by atoms with E-state index in [1.54, 1.807) is 0 Å². The molecule has 2 heterocycles. The van der Waals surface area contributed by atoms with Gasteiger partial charge in [-0.1, -0.05) is 42.5 Å². The van der Waals surface area contributed by atoms with E-state index in [1.165, 1.54) is 0 Å². The standard InChI is InChI=1S/C28H24F6N2O2/c29-27(30,31)20-13-18(14-21(15-20)28(32,33)34)17-37-24-11-6-12-36(26(24)19-7-2-1-3-8-19)16-25-35-22-9-4-5-10-23(22)38-25/h1-5,7-10,13-15,24,26H,6,11-12,16-17H2/t24-,26-/m1/s1. The van der Waals surface area contributed by atoms with E-state index in [2.05, 4.69) is 9.88 Å². The van der Waals surface area contributed by atoms with Crippen LogP contribution in [-0.2, 0) is 30.2 Å². The van der Waals surface area contributed by atoms with Gasteiger partial charge in [-0.25, -0.2) is 4.98 Å². The van der Waals surface area contributed by atoms with Crippen molar-refractivity contribution in [3.8, 4) is 0 Å². The van der Waals surface area contributed by atoms with Crippen LogP contribution in [-0.4, -0.2) is 22.5 Å². The molecule has 1 saturated heterocycles. The van der Waals surface area contributed by atoms with Gasteiger partial charge in [0, 0.05) is 0 Å². The van der Waals surface area contributed by atoms with Gasteiger partial charge in [0.1, 0.15) is 5.52 Å². The Morgan fingerprint density at radius 2 is 1.53 bits per heavy atom. The number of para-hydroxylation sites is 2. The van der Waals surface area contributed by atoms with Crippen molar-refractivity contribution in [1.29, 1.82) is 0 Å². The van der Waals surface area contributed by atoms with Crippen LogP contribution in [0.3, 0.4) is 0 Å². The van der Waals surface area contributed by atoms with E-state index in [4.69, 9.17) is 9.15 Å². The third-order valence-electron chi connectivity index (χ3n) is 6.61. The molecule has 0 saturated carbocycles. The first-order chi connectivity index (χ1) is 18.1. The minimum Gasteiger partial charge on any atom is -0.439 e. The van der Waals surface area contributed by atoms with Crippen molar-refractivity contribution >= 4 is 11.1 Å². The largest absolute Gasteiger partial charge is 0.439 e. The maximum Gasteiger partial charge on any atom is 0.416 e. The van der Waals surface area contributed by atoms with Crippen molar-refractivity contribution in [1.82, 2.24) is 9.88 Å². The molecule has 0 unspecified atom stereocenters. The first kappa shape index (κ1) is 26.2. The number of oxazole rings is 1. The average molecular weight is 535 g/mol. The lowest BCUT2D eigenvalue weighted by atomic mass is 9.92. The summed E-state index contributed by atoms with van der Waals surface area (Å²) < 4.78 is 91.9. The van der Waals surface area contributed by atoms with Crippen molar-refractivity contribution in [2.45, 2.75) is 50.5 Å². The maximum atomic E-state index is 13.3. The molecule has 1 aliphatic rings. The summed E-state index contributed by atoms with van der Waals surface area (Å²) in [6.07, 6.45) is -8.98. The van der Waals surface area contributed by atoms with Gasteiger partial charge in [-0.05, 0) is 60.8 Å². The van der Waals surface area contributed by atoms with E-state index in [-0.39, 0.29) is 17.7 Å². The number of nitrogens with zero attached hydrogens (tertiary/aromatic N) is 2. The topological polar surface area (TPSA) is 38.5 Å². The lowest BCUT2D eigenvalue weighted by molar-refractivity contribution is -0.143. The summed E-state index contributed by atoms with van der Waals surface area (Å²) in [5, 5.41) is 0. The molecule has 4 nitrogen and oxygen atoms in total. The first-order valence-electron chi connectivity index (χ1n) is 12.1. The zero-order valence-electron chi connectivity index (χ0n) is 20.1. The third-order valence-corrected chi connectivity index (χ3v) is 6.61. The van der Waals surface area contributed by atoms with Crippen LogP contribution in [0.2, 0.25) is 0 Å². The third kappa shape index (κ3) is 5.86. The molecular formula is C28H24F6N2O2. The summed E-state index contributed by atoms with van der Waals surface area (Å²) in [4.78, 5) is 6.68. The van der Waals surface area contributed by atoms with Gasteiger partial charge in [0.2, 0.25) is 5.89 Å². The molecule has 4 aromatic rings. The highest BCUT2D eigenvalue weighted by molar-refractivity contribution is 5.72. The van der Waals surface area contributed by atoms with Gasteiger partial charge in [0.05, 0.1) is 36.4 Å². The van der Waals surface area contributed by atoms with Crippen molar-refractivity contribution < 1.29 is 35.5 Å². The van der Waals surface area contributed by atoms with Crippen LogP contribution >= 0.6 is 0 Å². The van der Waals surface area contributed by atoms with Crippen molar-refractivity contribution in [3.63, 3.8) is 0 Å². The minimum absolute atomic E-state index is 0.124. The van der Waals surface area contributed by atoms with Crippen LogP contribution in [0.1, 0.15) is 47.0 Å². The van der Waals surface area contributed by atoms with E-state index < -0.39 is 36.2 Å². The number of piperidine rings is 1. The molecule has 10 heteroatoms. The molecule has 0 amide bonds. The molecule has 38 heavy (non-hydrogen) atoms. The molecule has 5 rings (SSSR count). The number of hydrogen-bond donors (Lipinski definition) is 0. The number of ether oxygens (including phenoxy) is 1. The van der Waals surface area contributed by atoms with E-state index in [0.29, 0.717) is 43.1 Å². The number of alkyl halides is 6. The average Bonchev–Trinajstić information content (AvgIpc) is 3.29. The van der Waals surface area contributed by atoms with Crippen molar-refractivity contribution in [2.24, 2.45) is 0 Å². The maximum absolute atomic E-state index is 13.3. The Labute approximate surface area is 214 Å². The second-order valence-electron chi connectivity index (χ2n) is 9.31. The number of halogens is 6. The van der Waals surface area contributed by atoms with Crippen LogP contribution in [0.15, 0.2) is 77.2 Å². The number of benzene rings is 3. The Balaban J connectivity index is 1.41. The fourth-order valence-corrected chi connectivity index (χ4v) is 4.92. The Bertz CT molecular complexity index is 1320. The van der Waals surface area contributed by atoms with Crippen LogP contribution in [0.4, 0.5) is 26.3 Å². The van der Waals surface area contributed by atoms with Gasteiger partial charge in [0.25, 0.3) is 0 Å². The van der Waals surface area contributed by atoms with Crippen LogP contribution in [0.5, 0.6) is 0 Å². The molecule has 0 spiro atoms. The summed E-state index contributed by atoms with van der Waals surface area (Å²) in [5.41, 5.74) is -0.580. The van der Waals surface area contributed by atoms with Crippen LogP contribution in [0, 0.1) is 0 Å². The molecule has 2 atom stereocenters. The number of likely N-dealkylation sites (tertiary alicyclic amines) is 1. The smallest absolute Gasteiger partial charge is 0.416 e. The lowest BCUT2D eigenvalue weighted by Gasteiger charge is -2.41. The normalized spacial score (nSPS) is 19.2. The molecular weight excluding hydrogens is 510 g/mol. The zero-order chi connectivity index (χ0) is 26.9. The highest BCUT2D eigenvalue weighted by Crippen LogP contribution is 2.38. The Morgan fingerprint density at radius 3 is 2.18 bits per heavy atom. The van der Waals surface area contributed by atoms with Crippen LogP contribution < -0.4 is 0 Å². The van der Waals surface area contributed by atoms with Crippen molar-refractivity contribution in [2.75, 3.05) is 6.54 Å². The predicted molar refractivity (Wildman–Crippen MR) is 128 cm³/mol. The lowest BCUT2D eigenvalue weighted by Crippen LogP contribution is -2.42. The van der Waals surface area contributed by atoms with Gasteiger partial charge >= 0.3 is 12.4 Å². The van der Waals surface area contributed by atoms with E-state index in [9.17, 15) is 26.3 Å². The summed E-state index contributed by atoms with van der Waals surface area (Å²) in [6, 6.07) is 18.1. The summed E-state index contributed by atoms with van der Waals surface area (Å²) in [5.74, 6) is 0.514. The fraction of sp³-hybridized carbons (Fsp3) is 0.321. The molecule has 0 N–H and O–H groups in total. The van der Waals surface area contributed by atoms with Gasteiger partial charge < -0.3 is 9.15 Å². The van der Waals surface area contributed by atoms with E-state index in [0.717, 1.165) is 17.5 Å². The molecule has 1 aliphatic heterocycles. The monoisotopic (exact) mass is 534 g/mol. The predicted octanol–water partition coefficient (Wildman–Crippen LogP) is 7.79. The quantitative estimate of drug-likeness (QED) is 0.237. The second kappa shape index (κ2) is 10.4. The molecule has 0 aliphatic carbocycles. The number of fused-ring (bicyclic) bond motifs is 1. The molecule has 1 aromatic heterocycles. The SMILES string of the molecule is FC(F)(F)c1cc(CO[C@@H]2CCCN(Cc3nc4ccccc4o3)[C@@H]2c2ccccc2)cc(C(F)(F)F)c1. The summed E-state index contributed by atoms with van der Waals surface area (Å²) >= 11 is 0. The number of hydrogen-bond acceptors (Lipinski definition) is 4. The molecule has 0 bridgehead atoms. The number of rotatable bonds is 6. The van der Waals surface area contributed by atoms with Gasteiger partial charge in [0.15, 0.2) is 5.58 Å². The Morgan fingerprint density at radius 1 is 0.868 bits per heavy atom. The molecule has 200 valence electrons. The van der Waals surface area contributed by atoms with Crippen LogP contribution in [0.25, 0.3) is 11.1 Å². The van der Waals surface area contributed by atoms with Gasteiger partial charge in [-0.15, -0.1) is 0 Å². The molecule has 3 aromatic carbocycles. The molecule has 1 fully saturated rings. The zero-order valence-corrected chi connectivity index (χ0v) is 20.1. The number of aromatic nitrogens is 1. The Kier molecular flexibility index (Phi) is 7.19. The summed E-state index contributed by atoms with van der Waals surface area (Å²) in [7, 11) is 0. The first-order valence-corrected chi connectivity index (χ1v) is 12.1. The van der Waals surface area contributed by atoms with E-state index in [1.807, 2.05) is 54.6 Å². The van der Waals surface area contributed by atoms with Gasteiger partial charge in [-0.3, -0.25) is 4.90 Å². The minimum atomic E-state index is -4.91. The summed E-state index contributed by atoms with van der Waals surface area (Å²) in [6.45, 7) is 0.674. The highest BCUT2D eigenvalue weighted by Gasteiger charge is 2.38. The van der Waals surface area contributed by atoms with E-state index >= 15 is 0 Å². The Hall–Kier alpha value is -3.37. The van der Waals surface area contributed by atoms with Crippen molar-refractivity contribution in [3.05, 3.63) is 101 Å².